The fraction of sp³-hybridized carbons (Fsp3) is 0.593. The van der Waals surface area contributed by atoms with Gasteiger partial charge in [0.25, 0.3) is 0 Å². The molecule has 1 aromatic rings. The summed E-state index contributed by atoms with van der Waals surface area (Å²) in [6, 6.07) is 6.50. The molecule has 0 bridgehead atoms. The highest BCUT2D eigenvalue weighted by Gasteiger charge is 2.27. The van der Waals surface area contributed by atoms with Gasteiger partial charge in [0.1, 0.15) is 0 Å². The minimum atomic E-state index is 0.0463. The van der Waals surface area contributed by atoms with Crippen molar-refractivity contribution in [2.75, 3.05) is 26.3 Å². The summed E-state index contributed by atoms with van der Waals surface area (Å²) in [4.78, 5) is 17.5. The van der Waals surface area contributed by atoms with E-state index in [1.54, 1.807) is 10.4 Å². The Morgan fingerprint density at radius 2 is 1.84 bits per heavy atom. The van der Waals surface area contributed by atoms with Crippen LogP contribution in [0, 0.1) is 36.6 Å². The molecule has 0 saturated carbocycles. The summed E-state index contributed by atoms with van der Waals surface area (Å²) in [5, 5.41) is 2.91. The Hall–Kier alpha value is -1.65. The molecule has 0 radical (unpaired) electrons. The van der Waals surface area contributed by atoms with Crippen molar-refractivity contribution < 1.29 is 9.53 Å². The number of carbonyl (C=O) groups is 1. The van der Waals surface area contributed by atoms with Gasteiger partial charge in [-0.15, -0.1) is 11.3 Å². The highest BCUT2D eigenvalue weighted by molar-refractivity contribution is 7.12. The Bertz CT molecular complexity index is 999. The van der Waals surface area contributed by atoms with Gasteiger partial charge in [0, 0.05) is 29.3 Å². The lowest BCUT2D eigenvalue weighted by Crippen LogP contribution is -2.42. The van der Waals surface area contributed by atoms with E-state index in [1.807, 2.05) is 16.2 Å². The van der Waals surface area contributed by atoms with E-state index in [4.69, 9.17) is 4.74 Å². The Labute approximate surface area is 192 Å². The van der Waals surface area contributed by atoms with Crippen LogP contribution in [0.3, 0.4) is 0 Å². The van der Waals surface area contributed by atoms with Crippen LogP contribution in [0.2, 0.25) is 0 Å². The molecule has 0 atom stereocenters. The molecule has 31 heavy (non-hydrogen) atoms. The van der Waals surface area contributed by atoms with Crippen LogP contribution in [0.5, 0.6) is 0 Å². The molecule has 4 heteroatoms. The van der Waals surface area contributed by atoms with E-state index < -0.39 is 0 Å². The van der Waals surface area contributed by atoms with E-state index in [2.05, 4.69) is 59.7 Å². The maximum Gasteiger partial charge on any atom is 0.223 e. The Morgan fingerprint density at radius 1 is 1.13 bits per heavy atom. The van der Waals surface area contributed by atoms with E-state index in [0.29, 0.717) is 19.6 Å². The van der Waals surface area contributed by atoms with Crippen LogP contribution in [0.25, 0.3) is 0 Å². The second-order valence-electron chi connectivity index (χ2n) is 9.80. The molecule has 0 N–H and O–H groups in total. The van der Waals surface area contributed by atoms with Crippen LogP contribution in [-0.4, -0.2) is 37.1 Å². The number of aryl methyl sites for hydroxylation is 3. The van der Waals surface area contributed by atoms with Gasteiger partial charge in [-0.1, -0.05) is 45.4 Å². The first-order valence-electron chi connectivity index (χ1n) is 11.8. The SMILES string of the molecule is CCCc1c(CCC(C)(C)CC(=O)N2CCOCC2)sc(C)c1C.Cc1cc2ccc1=2. The zero-order valence-corrected chi connectivity index (χ0v) is 21.1. The summed E-state index contributed by atoms with van der Waals surface area (Å²) in [5.41, 5.74) is 4.54. The zero-order valence-electron chi connectivity index (χ0n) is 20.3. The second kappa shape index (κ2) is 10.3. The fourth-order valence-electron chi connectivity index (χ4n) is 4.38. The molecule has 1 fully saturated rings. The Balaban J connectivity index is 0.000000322. The maximum atomic E-state index is 12.5. The molecule has 1 aromatic heterocycles. The van der Waals surface area contributed by atoms with Crippen molar-refractivity contribution in [2.45, 2.75) is 73.6 Å². The molecular formula is C27H39NO2S. The smallest absolute Gasteiger partial charge is 0.223 e. The standard InChI is InChI=1S/C20H33NO2S.C7H6/c1-6-7-17-15(2)16(3)24-18(17)8-9-20(4,5)14-19(22)21-10-12-23-13-11-21;1-5-4-6-2-3-7(5)6/h6-14H2,1-5H3;2-4H,1H3. The van der Waals surface area contributed by atoms with Crippen molar-refractivity contribution in [3.8, 4) is 0 Å². The number of rotatable bonds is 7. The third-order valence-electron chi connectivity index (χ3n) is 6.65. The Morgan fingerprint density at radius 3 is 2.32 bits per heavy atom. The van der Waals surface area contributed by atoms with Gasteiger partial charge < -0.3 is 9.64 Å². The van der Waals surface area contributed by atoms with E-state index in [-0.39, 0.29) is 11.3 Å². The highest BCUT2D eigenvalue weighted by atomic mass is 32.1. The molecular weight excluding hydrogens is 402 g/mol. The number of ether oxygens (including phenoxy) is 1. The molecule has 1 amide bonds. The van der Waals surface area contributed by atoms with Gasteiger partial charge in [-0.25, -0.2) is 0 Å². The number of morpholine rings is 1. The van der Waals surface area contributed by atoms with Gasteiger partial charge in [0.05, 0.1) is 13.2 Å². The minimum absolute atomic E-state index is 0.0463. The number of carbonyl (C=O) groups excluding carboxylic acids is 1. The number of thiophene rings is 1. The fourth-order valence-corrected chi connectivity index (χ4v) is 5.61. The molecule has 1 aliphatic heterocycles. The topological polar surface area (TPSA) is 29.5 Å². The van der Waals surface area contributed by atoms with Gasteiger partial charge in [-0.2, -0.15) is 0 Å². The van der Waals surface area contributed by atoms with Crippen molar-refractivity contribution >= 4 is 17.2 Å². The normalized spacial score (nSPS) is 14.8. The monoisotopic (exact) mass is 441 g/mol. The van der Waals surface area contributed by atoms with Gasteiger partial charge in [0.15, 0.2) is 0 Å². The van der Waals surface area contributed by atoms with Crippen LogP contribution >= 0.6 is 11.3 Å². The number of amides is 1. The largest absolute Gasteiger partial charge is 0.378 e. The average molecular weight is 442 g/mol. The van der Waals surface area contributed by atoms with Gasteiger partial charge in [0.2, 0.25) is 5.91 Å². The van der Waals surface area contributed by atoms with Crippen molar-refractivity contribution in [1.29, 1.82) is 0 Å². The van der Waals surface area contributed by atoms with Crippen molar-refractivity contribution in [2.24, 2.45) is 5.41 Å². The molecule has 1 saturated heterocycles. The lowest BCUT2D eigenvalue weighted by Gasteiger charge is -2.31. The van der Waals surface area contributed by atoms with E-state index in [0.717, 1.165) is 25.9 Å². The number of hydrogen-bond donors (Lipinski definition) is 0. The van der Waals surface area contributed by atoms with Gasteiger partial charge in [-0.05, 0) is 72.6 Å². The van der Waals surface area contributed by atoms with Crippen LogP contribution in [0.1, 0.15) is 66.5 Å². The summed E-state index contributed by atoms with van der Waals surface area (Å²) in [5.74, 6) is 0.288. The molecule has 170 valence electrons. The minimum Gasteiger partial charge on any atom is -0.378 e. The van der Waals surface area contributed by atoms with Crippen molar-refractivity contribution in [3.05, 3.63) is 55.1 Å². The van der Waals surface area contributed by atoms with E-state index >= 15 is 0 Å². The lowest BCUT2D eigenvalue weighted by atomic mass is 9.83. The first-order chi connectivity index (χ1) is 14.7. The first kappa shape index (κ1) is 24.0. The summed E-state index contributed by atoms with van der Waals surface area (Å²) in [6.07, 6.45) is 5.18. The first-order valence-corrected chi connectivity index (χ1v) is 12.6. The summed E-state index contributed by atoms with van der Waals surface area (Å²) in [6.45, 7) is 16.2. The summed E-state index contributed by atoms with van der Waals surface area (Å²) >= 11 is 1.96. The second-order valence-corrected chi connectivity index (χ2v) is 11.1. The zero-order chi connectivity index (χ0) is 22.6. The molecule has 0 unspecified atom stereocenters. The Kier molecular flexibility index (Phi) is 7.98. The highest BCUT2D eigenvalue weighted by Crippen LogP contribution is 2.34. The number of hydrogen-bond acceptors (Lipinski definition) is 3. The third-order valence-corrected chi connectivity index (χ3v) is 7.96. The molecule has 0 spiro atoms. The van der Waals surface area contributed by atoms with Gasteiger partial charge >= 0.3 is 0 Å². The molecule has 2 heterocycles. The van der Waals surface area contributed by atoms with Crippen molar-refractivity contribution in [3.63, 3.8) is 0 Å². The predicted octanol–water partition coefficient (Wildman–Crippen LogP) is 6.12. The lowest BCUT2D eigenvalue weighted by molar-refractivity contribution is -0.137. The van der Waals surface area contributed by atoms with Crippen LogP contribution < -0.4 is 0 Å². The third kappa shape index (κ3) is 5.98. The molecule has 3 aliphatic rings. The summed E-state index contributed by atoms with van der Waals surface area (Å²) < 4.78 is 5.34. The maximum absolute atomic E-state index is 12.5. The average Bonchev–Trinajstić information content (AvgIpc) is 2.99. The predicted molar refractivity (Wildman–Crippen MR) is 131 cm³/mol. The van der Waals surface area contributed by atoms with Crippen LogP contribution in [-0.2, 0) is 22.4 Å². The van der Waals surface area contributed by atoms with E-state index in [1.165, 1.54) is 39.3 Å². The van der Waals surface area contributed by atoms with Crippen LogP contribution in [0.15, 0.2) is 18.2 Å². The van der Waals surface area contributed by atoms with Gasteiger partial charge in [-0.3, -0.25) is 4.79 Å². The summed E-state index contributed by atoms with van der Waals surface area (Å²) in [7, 11) is 0. The van der Waals surface area contributed by atoms with Crippen molar-refractivity contribution in [1.82, 2.24) is 4.90 Å². The molecule has 0 aromatic carbocycles. The molecule has 4 rings (SSSR count). The molecule has 2 aliphatic carbocycles. The van der Waals surface area contributed by atoms with E-state index in [9.17, 15) is 4.79 Å². The molecule has 3 nitrogen and oxygen atoms in total. The quantitative estimate of drug-likeness (QED) is 0.442. The van der Waals surface area contributed by atoms with Crippen LogP contribution in [0.4, 0.5) is 0 Å². The number of benzene rings is 1. The number of nitrogens with zero attached hydrogens (tertiary/aromatic N) is 1.